The van der Waals surface area contributed by atoms with Crippen LogP contribution in [-0.2, 0) is 6.42 Å². The van der Waals surface area contributed by atoms with Gasteiger partial charge in [0.05, 0.1) is 0 Å². The number of hydrogen-bond acceptors (Lipinski definition) is 2. The minimum Gasteiger partial charge on any atom is -0.310 e. The maximum Gasteiger partial charge on any atom is 0.0410 e. The highest BCUT2D eigenvalue weighted by Crippen LogP contribution is 2.29. The van der Waals surface area contributed by atoms with E-state index in [-0.39, 0.29) is 0 Å². The number of halogens is 2. The number of rotatable bonds is 6. The van der Waals surface area contributed by atoms with Crippen LogP contribution >= 0.6 is 38.9 Å². The molecule has 1 N–H and O–H groups in total. The van der Waals surface area contributed by atoms with E-state index in [1.165, 1.54) is 11.1 Å². The SMILES string of the molecule is CCCNC(Cc1ccsc1)c1cc(Cl)ccc1Br. The Morgan fingerprint density at radius 3 is 2.89 bits per heavy atom. The molecule has 0 fully saturated rings. The Morgan fingerprint density at radius 1 is 1.37 bits per heavy atom. The van der Waals surface area contributed by atoms with Crippen LogP contribution in [0.5, 0.6) is 0 Å². The molecule has 0 aliphatic heterocycles. The van der Waals surface area contributed by atoms with E-state index in [0.29, 0.717) is 6.04 Å². The molecule has 1 aromatic carbocycles. The summed E-state index contributed by atoms with van der Waals surface area (Å²) in [5.41, 5.74) is 2.60. The highest BCUT2D eigenvalue weighted by molar-refractivity contribution is 9.10. The van der Waals surface area contributed by atoms with E-state index in [0.717, 1.165) is 28.9 Å². The zero-order valence-corrected chi connectivity index (χ0v) is 14.0. The molecule has 4 heteroatoms. The van der Waals surface area contributed by atoms with Crippen LogP contribution in [0.4, 0.5) is 0 Å². The third kappa shape index (κ3) is 4.32. The van der Waals surface area contributed by atoms with E-state index in [1.807, 2.05) is 18.2 Å². The highest BCUT2D eigenvalue weighted by Gasteiger charge is 2.15. The van der Waals surface area contributed by atoms with Crippen molar-refractivity contribution in [1.82, 2.24) is 5.32 Å². The van der Waals surface area contributed by atoms with Crippen LogP contribution in [-0.4, -0.2) is 6.54 Å². The number of nitrogens with one attached hydrogen (secondary N) is 1. The van der Waals surface area contributed by atoms with Crippen molar-refractivity contribution in [3.8, 4) is 0 Å². The summed E-state index contributed by atoms with van der Waals surface area (Å²) in [5.74, 6) is 0. The van der Waals surface area contributed by atoms with Crippen molar-refractivity contribution in [2.75, 3.05) is 6.54 Å². The summed E-state index contributed by atoms with van der Waals surface area (Å²) in [4.78, 5) is 0. The normalized spacial score (nSPS) is 12.6. The summed E-state index contributed by atoms with van der Waals surface area (Å²) < 4.78 is 1.11. The lowest BCUT2D eigenvalue weighted by molar-refractivity contribution is 0.528. The zero-order valence-electron chi connectivity index (χ0n) is 10.8. The predicted octanol–water partition coefficient (Wildman–Crippen LogP) is 5.45. The average Bonchev–Trinajstić information content (AvgIpc) is 2.90. The van der Waals surface area contributed by atoms with Gasteiger partial charge in [-0.1, -0.05) is 34.5 Å². The van der Waals surface area contributed by atoms with Crippen molar-refractivity contribution in [3.63, 3.8) is 0 Å². The van der Waals surface area contributed by atoms with Crippen molar-refractivity contribution in [2.45, 2.75) is 25.8 Å². The van der Waals surface area contributed by atoms with E-state index in [2.05, 4.69) is 45.0 Å². The fourth-order valence-corrected chi connectivity index (χ4v) is 3.42. The lowest BCUT2D eigenvalue weighted by Gasteiger charge is -2.20. The van der Waals surface area contributed by atoms with Crippen LogP contribution < -0.4 is 5.32 Å². The van der Waals surface area contributed by atoms with Gasteiger partial charge in [0.15, 0.2) is 0 Å². The van der Waals surface area contributed by atoms with Crippen molar-refractivity contribution in [2.24, 2.45) is 0 Å². The quantitative estimate of drug-likeness (QED) is 0.724. The molecule has 0 spiro atoms. The predicted molar refractivity (Wildman–Crippen MR) is 88.2 cm³/mol. The molecule has 1 aromatic heterocycles. The van der Waals surface area contributed by atoms with Crippen LogP contribution in [0.1, 0.15) is 30.5 Å². The molecular weight excluding hydrogens is 342 g/mol. The minimum atomic E-state index is 0.294. The first-order valence-corrected chi connectivity index (χ1v) is 8.51. The first-order chi connectivity index (χ1) is 9.20. The van der Waals surface area contributed by atoms with Gasteiger partial charge in [-0.15, -0.1) is 0 Å². The molecule has 1 heterocycles. The van der Waals surface area contributed by atoms with Gasteiger partial charge in [-0.2, -0.15) is 11.3 Å². The Labute approximate surface area is 132 Å². The van der Waals surface area contributed by atoms with Gasteiger partial charge >= 0.3 is 0 Å². The average molecular weight is 359 g/mol. The fourth-order valence-electron chi connectivity index (χ4n) is 2.04. The maximum atomic E-state index is 6.13. The Morgan fingerprint density at radius 2 is 2.21 bits per heavy atom. The Kier molecular flexibility index (Phi) is 5.89. The fraction of sp³-hybridized carbons (Fsp3) is 0.333. The van der Waals surface area contributed by atoms with Gasteiger partial charge in [-0.05, 0) is 65.5 Å². The molecule has 1 atom stereocenters. The van der Waals surface area contributed by atoms with Gasteiger partial charge in [0.2, 0.25) is 0 Å². The molecule has 19 heavy (non-hydrogen) atoms. The first-order valence-electron chi connectivity index (χ1n) is 6.40. The smallest absolute Gasteiger partial charge is 0.0410 e. The van der Waals surface area contributed by atoms with Crippen molar-refractivity contribution < 1.29 is 0 Å². The second-order valence-corrected chi connectivity index (χ2v) is 6.58. The van der Waals surface area contributed by atoms with Crippen molar-refractivity contribution >= 4 is 38.9 Å². The Bertz CT molecular complexity index is 513. The maximum absolute atomic E-state index is 6.13. The van der Waals surface area contributed by atoms with Crippen LogP contribution in [0.15, 0.2) is 39.5 Å². The molecule has 1 nitrogen and oxygen atoms in total. The second-order valence-electron chi connectivity index (χ2n) is 4.51. The van der Waals surface area contributed by atoms with Gasteiger partial charge in [-0.3, -0.25) is 0 Å². The topological polar surface area (TPSA) is 12.0 Å². The summed E-state index contributed by atoms with van der Waals surface area (Å²) in [5, 5.41) is 8.72. The van der Waals surface area contributed by atoms with Crippen LogP contribution in [0, 0.1) is 0 Å². The lowest BCUT2D eigenvalue weighted by atomic mass is 10.0. The Hall–Kier alpha value is -0.350. The minimum absolute atomic E-state index is 0.294. The van der Waals surface area contributed by atoms with Crippen molar-refractivity contribution in [3.05, 3.63) is 55.6 Å². The molecule has 0 saturated heterocycles. The van der Waals surface area contributed by atoms with Gasteiger partial charge in [0.1, 0.15) is 0 Å². The first kappa shape index (κ1) is 15.0. The van der Waals surface area contributed by atoms with E-state index < -0.39 is 0 Å². The number of benzene rings is 1. The molecule has 0 aliphatic rings. The molecule has 2 rings (SSSR count). The summed E-state index contributed by atoms with van der Waals surface area (Å²) in [6.07, 6.45) is 2.11. The summed E-state index contributed by atoms with van der Waals surface area (Å²) >= 11 is 11.5. The van der Waals surface area contributed by atoms with E-state index in [9.17, 15) is 0 Å². The third-order valence-corrected chi connectivity index (χ3v) is 4.68. The molecule has 0 radical (unpaired) electrons. The van der Waals surface area contributed by atoms with Crippen LogP contribution in [0.3, 0.4) is 0 Å². The van der Waals surface area contributed by atoms with Gasteiger partial charge < -0.3 is 5.32 Å². The standard InChI is InChI=1S/C15H17BrClNS/c1-2-6-18-15(8-11-5-7-19-10-11)13-9-12(17)3-4-14(13)16/h3-5,7,9-10,15,18H,2,6,8H2,1H3. The van der Waals surface area contributed by atoms with Gasteiger partial charge in [0, 0.05) is 15.5 Å². The molecule has 0 aliphatic carbocycles. The van der Waals surface area contributed by atoms with Crippen LogP contribution in [0.25, 0.3) is 0 Å². The summed E-state index contributed by atoms with van der Waals surface area (Å²) in [7, 11) is 0. The van der Waals surface area contributed by atoms with Crippen LogP contribution in [0.2, 0.25) is 5.02 Å². The summed E-state index contributed by atoms with van der Waals surface area (Å²) in [6.45, 7) is 3.19. The van der Waals surface area contributed by atoms with E-state index in [1.54, 1.807) is 11.3 Å². The highest BCUT2D eigenvalue weighted by atomic mass is 79.9. The zero-order chi connectivity index (χ0) is 13.7. The largest absolute Gasteiger partial charge is 0.310 e. The van der Waals surface area contributed by atoms with Gasteiger partial charge in [0.25, 0.3) is 0 Å². The third-order valence-electron chi connectivity index (χ3n) is 2.99. The monoisotopic (exact) mass is 357 g/mol. The van der Waals surface area contributed by atoms with Gasteiger partial charge in [-0.25, -0.2) is 0 Å². The molecule has 1 unspecified atom stereocenters. The molecule has 0 bridgehead atoms. The van der Waals surface area contributed by atoms with Crippen molar-refractivity contribution in [1.29, 1.82) is 0 Å². The lowest BCUT2D eigenvalue weighted by Crippen LogP contribution is -2.24. The van der Waals surface area contributed by atoms with E-state index in [4.69, 9.17) is 11.6 Å². The second kappa shape index (κ2) is 7.44. The molecule has 2 aromatic rings. The molecule has 0 saturated carbocycles. The molecular formula is C15H17BrClNS. The summed E-state index contributed by atoms with van der Waals surface area (Å²) in [6, 6.07) is 8.46. The Balaban J connectivity index is 2.23. The number of thiophene rings is 1. The number of hydrogen-bond donors (Lipinski definition) is 1. The van der Waals surface area contributed by atoms with E-state index >= 15 is 0 Å². The molecule has 102 valence electrons. The molecule has 0 amide bonds.